The van der Waals surface area contributed by atoms with E-state index in [4.69, 9.17) is 9.47 Å². The van der Waals surface area contributed by atoms with E-state index in [-0.39, 0.29) is 24.2 Å². The Balaban J connectivity index is 1.93. The summed E-state index contributed by atoms with van der Waals surface area (Å²) in [5, 5.41) is 3.50. The largest absolute Gasteiger partial charge is 0.376 e. The van der Waals surface area contributed by atoms with E-state index in [1.807, 2.05) is 4.90 Å². The number of hydrogen-bond acceptors (Lipinski definition) is 4. The zero-order valence-electron chi connectivity index (χ0n) is 12.8. The molecule has 0 saturated carbocycles. The number of carbonyl (C=O) groups excluding carboxylic acids is 1. The molecule has 2 rings (SSSR count). The summed E-state index contributed by atoms with van der Waals surface area (Å²) in [6.45, 7) is 6.87. The zero-order valence-corrected chi connectivity index (χ0v) is 12.8. The molecule has 1 amide bonds. The fraction of sp³-hybridized carbons (Fsp3) is 0.933. The fourth-order valence-corrected chi connectivity index (χ4v) is 2.95. The molecule has 0 bridgehead atoms. The molecule has 116 valence electrons. The molecule has 5 nitrogen and oxygen atoms in total. The van der Waals surface area contributed by atoms with Gasteiger partial charge in [-0.3, -0.25) is 10.1 Å². The van der Waals surface area contributed by atoms with Crippen molar-refractivity contribution in [3.8, 4) is 0 Å². The number of nitrogens with zero attached hydrogens (tertiary/aromatic N) is 1. The maximum Gasteiger partial charge on any atom is 0.241 e. The van der Waals surface area contributed by atoms with Crippen LogP contribution in [0, 0.1) is 0 Å². The van der Waals surface area contributed by atoms with Crippen LogP contribution in [0.5, 0.6) is 0 Å². The van der Waals surface area contributed by atoms with Gasteiger partial charge < -0.3 is 14.4 Å². The molecule has 2 aliphatic rings. The van der Waals surface area contributed by atoms with Crippen molar-refractivity contribution in [1.29, 1.82) is 0 Å². The van der Waals surface area contributed by atoms with E-state index >= 15 is 0 Å². The van der Waals surface area contributed by atoms with Gasteiger partial charge in [-0.05, 0) is 12.8 Å². The predicted molar refractivity (Wildman–Crippen MR) is 77.4 cm³/mol. The third-order valence-corrected chi connectivity index (χ3v) is 4.04. The number of amides is 1. The van der Waals surface area contributed by atoms with Gasteiger partial charge in [0.2, 0.25) is 5.91 Å². The van der Waals surface area contributed by atoms with Gasteiger partial charge in [-0.2, -0.15) is 0 Å². The van der Waals surface area contributed by atoms with Crippen LogP contribution in [0.3, 0.4) is 0 Å². The lowest BCUT2D eigenvalue weighted by molar-refractivity contribution is -0.137. The first kappa shape index (κ1) is 15.7. The lowest BCUT2D eigenvalue weighted by Gasteiger charge is -2.30. The van der Waals surface area contributed by atoms with Crippen molar-refractivity contribution in [3.63, 3.8) is 0 Å². The molecule has 2 saturated heterocycles. The van der Waals surface area contributed by atoms with Crippen LogP contribution in [-0.4, -0.2) is 55.5 Å². The standard InChI is InChI=1S/C15H28N2O3/c1-3-5-7-13-15(18)17(14(16-13)6-4-2)10-12-11-19-8-9-20-12/h12-14,16H,3-11H2,1-2H3. The Morgan fingerprint density at radius 1 is 1.25 bits per heavy atom. The van der Waals surface area contributed by atoms with Crippen LogP contribution in [0.2, 0.25) is 0 Å². The van der Waals surface area contributed by atoms with Crippen molar-refractivity contribution in [3.05, 3.63) is 0 Å². The number of hydrogen-bond donors (Lipinski definition) is 1. The number of ether oxygens (including phenoxy) is 2. The van der Waals surface area contributed by atoms with Crippen molar-refractivity contribution in [1.82, 2.24) is 10.2 Å². The summed E-state index contributed by atoms with van der Waals surface area (Å²) in [6.07, 6.45) is 5.43. The Kier molecular flexibility index (Phi) is 6.26. The van der Waals surface area contributed by atoms with Gasteiger partial charge in [-0.25, -0.2) is 0 Å². The molecule has 2 fully saturated rings. The molecule has 0 aliphatic carbocycles. The Hall–Kier alpha value is -0.650. The summed E-state index contributed by atoms with van der Waals surface area (Å²) < 4.78 is 11.1. The summed E-state index contributed by atoms with van der Waals surface area (Å²) in [5.41, 5.74) is 0. The summed E-state index contributed by atoms with van der Waals surface area (Å²) in [6, 6.07) is -0.00370. The summed E-state index contributed by atoms with van der Waals surface area (Å²) >= 11 is 0. The SMILES string of the molecule is CCCCC1NC(CCC)N(CC2COCCO2)C1=O. The molecule has 1 N–H and O–H groups in total. The summed E-state index contributed by atoms with van der Waals surface area (Å²) in [5.74, 6) is 0.242. The van der Waals surface area contributed by atoms with E-state index in [0.29, 0.717) is 26.4 Å². The molecule has 3 atom stereocenters. The van der Waals surface area contributed by atoms with Gasteiger partial charge in [-0.1, -0.05) is 33.1 Å². The van der Waals surface area contributed by atoms with Gasteiger partial charge in [0.05, 0.1) is 44.7 Å². The topological polar surface area (TPSA) is 50.8 Å². The third kappa shape index (κ3) is 3.93. The smallest absolute Gasteiger partial charge is 0.241 e. The van der Waals surface area contributed by atoms with E-state index < -0.39 is 0 Å². The monoisotopic (exact) mass is 284 g/mol. The maximum absolute atomic E-state index is 12.5. The van der Waals surface area contributed by atoms with Crippen LogP contribution in [0.25, 0.3) is 0 Å². The quantitative estimate of drug-likeness (QED) is 0.770. The molecule has 2 heterocycles. The van der Waals surface area contributed by atoms with Crippen LogP contribution in [0.1, 0.15) is 46.0 Å². The van der Waals surface area contributed by atoms with E-state index in [0.717, 1.165) is 32.1 Å². The Labute approximate surface area is 122 Å². The molecule has 0 spiro atoms. The van der Waals surface area contributed by atoms with Crippen LogP contribution >= 0.6 is 0 Å². The van der Waals surface area contributed by atoms with Crippen molar-refractivity contribution >= 4 is 5.91 Å². The van der Waals surface area contributed by atoms with E-state index in [2.05, 4.69) is 19.2 Å². The lowest BCUT2D eigenvalue weighted by atomic mass is 10.1. The molecule has 0 aromatic rings. The molecule has 2 aliphatic heterocycles. The highest BCUT2D eigenvalue weighted by atomic mass is 16.6. The second kappa shape index (κ2) is 7.96. The average Bonchev–Trinajstić information content (AvgIpc) is 2.75. The summed E-state index contributed by atoms with van der Waals surface area (Å²) in [7, 11) is 0. The van der Waals surface area contributed by atoms with Crippen molar-refractivity contribution in [2.45, 2.75) is 64.3 Å². The molecule has 0 aromatic heterocycles. The predicted octanol–water partition coefficient (Wildman–Crippen LogP) is 1.52. The first-order valence-corrected chi connectivity index (χ1v) is 8.02. The summed E-state index contributed by atoms with van der Waals surface area (Å²) in [4.78, 5) is 14.5. The molecule has 0 radical (unpaired) electrons. The molecule has 0 aromatic carbocycles. The van der Waals surface area contributed by atoms with Gasteiger partial charge >= 0.3 is 0 Å². The highest BCUT2D eigenvalue weighted by Crippen LogP contribution is 2.20. The van der Waals surface area contributed by atoms with E-state index in [1.54, 1.807) is 0 Å². The lowest BCUT2D eigenvalue weighted by Crippen LogP contribution is -2.45. The molecule has 20 heavy (non-hydrogen) atoms. The van der Waals surface area contributed by atoms with Gasteiger partial charge in [0.25, 0.3) is 0 Å². The highest BCUT2D eigenvalue weighted by Gasteiger charge is 2.39. The zero-order chi connectivity index (χ0) is 14.4. The molecule has 5 heteroatoms. The van der Waals surface area contributed by atoms with Crippen LogP contribution in [0.15, 0.2) is 0 Å². The first-order valence-electron chi connectivity index (χ1n) is 8.02. The van der Waals surface area contributed by atoms with Crippen LogP contribution in [-0.2, 0) is 14.3 Å². The van der Waals surface area contributed by atoms with Gasteiger partial charge in [0, 0.05) is 0 Å². The fourth-order valence-electron chi connectivity index (χ4n) is 2.95. The Morgan fingerprint density at radius 2 is 2.10 bits per heavy atom. The normalized spacial score (nSPS) is 31.0. The minimum Gasteiger partial charge on any atom is -0.376 e. The average molecular weight is 284 g/mol. The second-order valence-electron chi connectivity index (χ2n) is 5.72. The van der Waals surface area contributed by atoms with Gasteiger partial charge in [0.1, 0.15) is 0 Å². The minimum atomic E-state index is -0.00370. The number of unbranched alkanes of at least 4 members (excludes halogenated alkanes) is 1. The van der Waals surface area contributed by atoms with E-state index in [9.17, 15) is 4.79 Å². The van der Waals surface area contributed by atoms with Crippen LogP contribution in [0.4, 0.5) is 0 Å². The molecular weight excluding hydrogens is 256 g/mol. The van der Waals surface area contributed by atoms with Crippen molar-refractivity contribution < 1.29 is 14.3 Å². The number of nitrogens with one attached hydrogen (secondary N) is 1. The Bertz CT molecular complexity index is 305. The highest BCUT2D eigenvalue weighted by molar-refractivity contribution is 5.84. The number of carbonyl (C=O) groups is 1. The minimum absolute atomic E-state index is 0.00370. The van der Waals surface area contributed by atoms with Crippen LogP contribution < -0.4 is 5.32 Å². The van der Waals surface area contributed by atoms with Gasteiger partial charge in [-0.15, -0.1) is 0 Å². The van der Waals surface area contributed by atoms with E-state index in [1.165, 1.54) is 0 Å². The number of rotatable bonds is 7. The third-order valence-electron chi connectivity index (χ3n) is 4.04. The van der Waals surface area contributed by atoms with Crippen molar-refractivity contribution in [2.75, 3.05) is 26.4 Å². The first-order chi connectivity index (χ1) is 9.76. The van der Waals surface area contributed by atoms with Gasteiger partial charge in [0.15, 0.2) is 0 Å². The molecule has 3 unspecified atom stereocenters. The Morgan fingerprint density at radius 3 is 2.75 bits per heavy atom. The molecular formula is C15H28N2O3. The van der Waals surface area contributed by atoms with Crippen molar-refractivity contribution in [2.24, 2.45) is 0 Å². The maximum atomic E-state index is 12.5. The second-order valence-corrected chi connectivity index (χ2v) is 5.72.